The predicted molar refractivity (Wildman–Crippen MR) is 60.0 cm³/mol. The van der Waals surface area contributed by atoms with Crippen LogP contribution in [0.3, 0.4) is 0 Å². The van der Waals surface area contributed by atoms with E-state index in [1.807, 2.05) is 0 Å². The molecule has 0 saturated heterocycles. The number of hydrogen-bond acceptors (Lipinski definition) is 5. The van der Waals surface area contributed by atoms with Gasteiger partial charge in [0.05, 0.1) is 5.75 Å². The molecule has 1 amide bonds. The fourth-order valence-electron chi connectivity index (χ4n) is 0.637. The summed E-state index contributed by atoms with van der Waals surface area (Å²) < 4.78 is 0. The highest BCUT2D eigenvalue weighted by molar-refractivity contribution is 8.11. The van der Waals surface area contributed by atoms with E-state index in [1.165, 1.54) is 11.8 Å². The number of carbonyl (C=O) groups is 1. The van der Waals surface area contributed by atoms with E-state index in [4.69, 9.17) is 11.0 Å². The van der Waals surface area contributed by atoms with Crippen molar-refractivity contribution in [1.29, 1.82) is 0 Å². The molecule has 1 atom stereocenters. The van der Waals surface area contributed by atoms with Crippen LogP contribution in [0.1, 0.15) is 0 Å². The van der Waals surface area contributed by atoms with Gasteiger partial charge in [0.1, 0.15) is 0 Å². The summed E-state index contributed by atoms with van der Waals surface area (Å²) in [5, 5.41) is 12.5. The third kappa shape index (κ3) is 5.51. The van der Waals surface area contributed by atoms with E-state index in [-0.39, 0.29) is 5.75 Å². The number of nitrogens with one attached hydrogen (secondary N) is 1. The Morgan fingerprint density at radius 3 is 2.57 bits per heavy atom. The van der Waals surface area contributed by atoms with Crippen molar-refractivity contribution in [2.45, 2.75) is 6.04 Å². The van der Waals surface area contributed by atoms with Crippen molar-refractivity contribution >= 4 is 36.0 Å². The van der Waals surface area contributed by atoms with Gasteiger partial charge < -0.3 is 0 Å². The van der Waals surface area contributed by atoms with Crippen LogP contribution in [0, 0.1) is 10.1 Å². The quantitative estimate of drug-likeness (QED) is 0.336. The van der Waals surface area contributed by atoms with Gasteiger partial charge in [0.15, 0.2) is 6.49 Å². The zero-order chi connectivity index (χ0) is 11.4. The van der Waals surface area contributed by atoms with E-state index in [9.17, 15) is 14.9 Å². The predicted octanol–water partition coefficient (Wildman–Crippen LogP) is -0.747. The van der Waals surface area contributed by atoms with Crippen LogP contribution in [-0.2, 0) is 16.6 Å². The molecular weight excluding hydrogens is 247 g/mol. The van der Waals surface area contributed by atoms with Gasteiger partial charge in [-0.15, -0.1) is 0 Å². The van der Waals surface area contributed by atoms with Gasteiger partial charge in [-0.25, -0.2) is 0 Å². The zero-order valence-electron chi connectivity index (χ0n) is 7.37. The fourth-order valence-corrected chi connectivity index (χ4v) is 1.99. The minimum absolute atomic E-state index is 0.0637. The van der Waals surface area contributed by atoms with Crippen LogP contribution in [0.5, 0.6) is 0 Å². The molecule has 0 aromatic carbocycles. The summed E-state index contributed by atoms with van der Waals surface area (Å²) in [7, 11) is 0. The van der Waals surface area contributed by atoms with Crippen LogP contribution in [-0.4, -0.2) is 28.9 Å². The number of rotatable bonds is 5. The summed E-state index contributed by atoms with van der Waals surface area (Å²) in [6.45, 7) is -2.92. The van der Waals surface area contributed by atoms with Crippen molar-refractivity contribution in [3.05, 3.63) is 10.1 Å². The number of nitrogens with zero attached hydrogens (tertiary/aromatic N) is 1. The minimum atomic E-state index is -2.92. The molecule has 0 aliphatic rings. The maximum atomic E-state index is 11.2. The smallest absolute Gasteiger partial charge is 0.300 e. The van der Waals surface area contributed by atoms with Crippen molar-refractivity contribution in [2.24, 2.45) is 11.0 Å². The second-order valence-corrected chi connectivity index (χ2v) is 6.81. The molecule has 0 fully saturated rings. The van der Waals surface area contributed by atoms with Crippen molar-refractivity contribution in [3.63, 3.8) is 0 Å². The average Bonchev–Trinajstić information content (AvgIpc) is 1.95. The molecule has 5 N–H and O–H groups in total. The Hall–Kier alpha value is -0.210. The number of nitro groups is 1. The van der Waals surface area contributed by atoms with Gasteiger partial charge in [0.2, 0.25) is 0 Å². The highest BCUT2D eigenvalue weighted by Gasteiger charge is 2.30. The van der Waals surface area contributed by atoms with Crippen molar-refractivity contribution < 1.29 is 9.72 Å². The van der Waals surface area contributed by atoms with Gasteiger partial charge in [-0.1, -0.05) is 0 Å². The first kappa shape index (κ1) is 13.8. The minimum Gasteiger partial charge on any atom is -0.300 e. The summed E-state index contributed by atoms with van der Waals surface area (Å²) in [5.41, 5.74) is 10.4. The molecule has 82 valence electrons. The van der Waals surface area contributed by atoms with Gasteiger partial charge in [0.25, 0.3) is 6.04 Å². The molecule has 0 aromatic rings. The lowest BCUT2D eigenvalue weighted by molar-refractivity contribution is -0.501. The van der Waals surface area contributed by atoms with E-state index < -0.39 is 23.4 Å². The Kier molecular flexibility index (Phi) is 5.53. The normalized spacial score (nSPS) is 13.4. The second kappa shape index (κ2) is 5.62. The Morgan fingerprint density at radius 1 is 1.79 bits per heavy atom. The summed E-state index contributed by atoms with van der Waals surface area (Å²) in [6.07, 6.45) is 1.66. The molecular formula is C4H11N4O3PS2. The monoisotopic (exact) mass is 258 g/mol. The summed E-state index contributed by atoms with van der Waals surface area (Å²) >= 11 is 5.74. The molecule has 0 aliphatic carbocycles. The number of carbonyl (C=O) groups excluding carboxylic acids is 1. The summed E-state index contributed by atoms with van der Waals surface area (Å²) in [6, 6.07) is -1.35. The molecule has 0 radical (unpaired) electrons. The summed E-state index contributed by atoms with van der Waals surface area (Å²) in [4.78, 5) is 21.0. The molecule has 0 bridgehead atoms. The highest BCUT2D eigenvalue weighted by Crippen LogP contribution is 2.18. The lowest BCUT2D eigenvalue weighted by Crippen LogP contribution is -2.42. The van der Waals surface area contributed by atoms with Gasteiger partial charge in [0, 0.05) is 4.92 Å². The van der Waals surface area contributed by atoms with Crippen LogP contribution >= 0.6 is 18.3 Å². The van der Waals surface area contributed by atoms with Gasteiger partial charge in [-0.2, -0.15) is 11.8 Å². The molecule has 7 nitrogen and oxygen atoms in total. The molecule has 0 spiro atoms. The van der Waals surface area contributed by atoms with Gasteiger partial charge in [-0.3, -0.25) is 31.0 Å². The lowest BCUT2D eigenvalue weighted by atomic mass is 10.3. The second-order valence-electron chi connectivity index (χ2n) is 2.44. The maximum Gasteiger partial charge on any atom is 0.301 e. The molecule has 0 aromatic heterocycles. The Balaban J connectivity index is 4.45. The maximum absolute atomic E-state index is 11.2. The fraction of sp³-hybridized carbons (Fsp3) is 0.750. The van der Waals surface area contributed by atoms with Gasteiger partial charge in [-0.05, 0) is 18.1 Å². The first-order chi connectivity index (χ1) is 6.28. The molecule has 0 saturated carbocycles. The molecule has 10 heteroatoms. The van der Waals surface area contributed by atoms with E-state index in [1.54, 1.807) is 6.26 Å². The highest BCUT2D eigenvalue weighted by atomic mass is 32.4. The van der Waals surface area contributed by atoms with Crippen LogP contribution in [0.2, 0.25) is 0 Å². The molecule has 14 heavy (non-hydrogen) atoms. The van der Waals surface area contributed by atoms with E-state index >= 15 is 0 Å². The van der Waals surface area contributed by atoms with E-state index in [0.717, 1.165) is 0 Å². The average molecular weight is 258 g/mol. The number of amides is 1. The standard InChI is InChI=1S/C4H11N4O3PS2/c1-14-2-3(8(10)11)4(9)7-12(5,6)13/h3H,2H2,1H3,(H5,5,6,7,9,13). The largest absolute Gasteiger partial charge is 0.301 e. The third-order valence-electron chi connectivity index (χ3n) is 1.17. The molecule has 0 rings (SSSR count). The van der Waals surface area contributed by atoms with E-state index in [0.29, 0.717) is 0 Å². The van der Waals surface area contributed by atoms with Crippen molar-refractivity contribution in [2.75, 3.05) is 12.0 Å². The van der Waals surface area contributed by atoms with Crippen LogP contribution < -0.4 is 16.1 Å². The number of thioether (sulfide) groups is 1. The van der Waals surface area contributed by atoms with Crippen LogP contribution in [0.25, 0.3) is 0 Å². The number of nitrogens with two attached hydrogens (primary N) is 2. The third-order valence-corrected chi connectivity index (χ3v) is 2.66. The SMILES string of the molecule is CSCC(C(=O)NP(N)(N)=S)[N+](=O)[O-]. The Bertz CT molecular complexity index is 280. The molecule has 1 unspecified atom stereocenters. The Morgan fingerprint density at radius 2 is 2.29 bits per heavy atom. The lowest BCUT2D eigenvalue weighted by Gasteiger charge is -2.13. The van der Waals surface area contributed by atoms with Gasteiger partial charge >= 0.3 is 5.91 Å². The summed E-state index contributed by atoms with van der Waals surface area (Å²) in [5.74, 6) is -0.758. The Labute approximate surface area is 90.3 Å². The number of hydrogen-bond donors (Lipinski definition) is 3. The molecule has 0 aliphatic heterocycles. The molecule has 0 heterocycles. The van der Waals surface area contributed by atoms with E-state index in [2.05, 4.69) is 16.9 Å². The first-order valence-corrected chi connectivity index (χ1v) is 7.73. The first-order valence-electron chi connectivity index (χ1n) is 3.39. The van der Waals surface area contributed by atoms with Crippen LogP contribution in [0.4, 0.5) is 0 Å². The topological polar surface area (TPSA) is 124 Å². The zero-order valence-corrected chi connectivity index (χ0v) is 9.90. The van der Waals surface area contributed by atoms with Crippen molar-refractivity contribution in [3.8, 4) is 0 Å². The van der Waals surface area contributed by atoms with Crippen molar-refractivity contribution in [1.82, 2.24) is 5.09 Å². The van der Waals surface area contributed by atoms with Crippen LogP contribution in [0.15, 0.2) is 0 Å².